The van der Waals surface area contributed by atoms with E-state index in [4.69, 9.17) is 4.74 Å². The van der Waals surface area contributed by atoms with Crippen LogP contribution in [0.25, 0.3) is 0 Å². The van der Waals surface area contributed by atoms with Gasteiger partial charge in [-0.1, -0.05) is 12.1 Å². The van der Waals surface area contributed by atoms with Gasteiger partial charge in [-0.15, -0.1) is 12.4 Å². The van der Waals surface area contributed by atoms with Crippen LogP contribution in [0, 0.1) is 6.92 Å². The Bertz CT molecular complexity index is 373. The maximum Gasteiger partial charge on any atom is 0.123 e. The van der Waals surface area contributed by atoms with Crippen LogP contribution >= 0.6 is 12.4 Å². The van der Waals surface area contributed by atoms with Gasteiger partial charge in [0.05, 0.1) is 6.10 Å². The molecule has 3 heteroatoms. The van der Waals surface area contributed by atoms with Gasteiger partial charge in [-0.05, 0) is 69.8 Å². The number of ether oxygens (including phenoxy) is 1. The molecule has 0 atom stereocenters. The van der Waals surface area contributed by atoms with E-state index in [2.05, 4.69) is 44.3 Å². The molecule has 0 aromatic heterocycles. The highest BCUT2D eigenvalue weighted by atomic mass is 35.5. The average Bonchev–Trinajstić information content (AvgIpc) is 2.29. The standard InChI is InChI=1S/C15H23NO.ClH/c1-11(2)17-15-10-12(3)4-5-14(15)13-6-8-16-9-7-13;/h4-5,10-11,13,16H,6-9H2,1-3H3;1H. The van der Waals surface area contributed by atoms with Gasteiger partial charge < -0.3 is 10.1 Å². The quantitative estimate of drug-likeness (QED) is 0.904. The van der Waals surface area contributed by atoms with Crippen molar-refractivity contribution < 1.29 is 4.74 Å². The number of rotatable bonds is 3. The topological polar surface area (TPSA) is 21.3 Å². The van der Waals surface area contributed by atoms with Crippen LogP contribution < -0.4 is 10.1 Å². The van der Waals surface area contributed by atoms with Crippen LogP contribution in [0.15, 0.2) is 18.2 Å². The van der Waals surface area contributed by atoms with Crippen LogP contribution in [0.3, 0.4) is 0 Å². The molecule has 1 aliphatic heterocycles. The highest BCUT2D eigenvalue weighted by Crippen LogP contribution is 2.33. The fraction of sp³-hybridized carbons (Fsp3) is 0.600. The van der Waals surface area contributed by atoms with E-state index in [0.717, 1.165) is 18.8 Å². The second-order valence-corrected chi connectivity index (χ2v) is 5.23. The van der Waals surface area contributed by atoms with Gasteiger partial charge in [-0.2, -0.15) is 0 Å². The van der Waals surface area contributed by atoms with Gasteiger partial charge in [-0.25, -0.2) is 0 Å². The van der Waals surface area contributed by atoms with E-state index in [-0.39, 0.29) is 18.5 Å². The molecule has 2 rings (SSSR count). The minimum Gasteiger partial charge on any atom is -0.491 e. The molecular weight excluding hydrogens is 246 g/mol. The van der Waals surface area contributed by atoms with Crippen molar-refractivity contribution in [2.45, 2.75) is 45.6 Å². The molecule has 0 aliphatic carbocycles. The molecule has 1 heterocycles. The lowest BCUT2D eigenvalue weighted by Gasteiger charge is -2.26. The largest absolute Gasteiger partial charge is 0.491 e. The van der Waals surface area contributed by atoms with Crippen molar-refractivity contribution in [2.24, 2.45) is 0 Å². The summed E-state index contributed by atoms with van der Waals surface area (Å²) < 4.78 is 5.96. The third-order valence-electron chi connectivity index (χ3n) is 3.31. The van der Waals surface area contributed by atoms with Gasteiger partial charge in [0.1, 0.15) is 5.75 Å². The molecule has 0 amide bonds. The Labute approximate surface area is 117 Å². The zero-order chi connectivity index (χ0) is 12.3. The molecule has 1 aliphatic rings. The molecule has 0 bridgehead atoms. The fourth-order valence-electron chi connectivity index (χ4n) is 2.47. The van der Waals surface area contributed by atoms with E-state index in [9.17, 15) is 0 Å². The molecule has 0 saturated carbocycles. The third kappa shape index (κ3) is 3.89. The Hall–Kier alpha value is -0.730. The van der Waals surface area contributed by atoms with Crippen molar-refractivity contribution >= 4 is 12.4 Å². The Balaban J connectivity index is 0.00000162. The summed E-state index contributed by atoms with van der Waals surface area (Å²) in [6, 6.07) is 6.63. The summed E-state index contributed by atoms with van der Waals surface area (Å²) >= 11 is 0. The summed E-state index contributed by atoms with van der Waals surface area (Å²) in [6.07, 6.45) is 2.69. The molecular formula is C15H24ClNO. The number of halogens is 1. The number of nitrogens with one attached hydrogen (secondary N) is 1. The predicted molar refractivity (Wildman–Crippen MR) is 79.0 cm³/mol. The van der Waals surface area contributed by atoms with Crippen molar-refractivity contribution in [1.82, 2.24) is 5.32 Å². The van der Waals surface area contributed by atoms with E-state index in [1.807, 2.05) is 0 Å². The first-order valence-electron chi connectivity index (χ1n) is 6.64. The van der Waals surface area contributed by atoms with Crippen LogP contribution in [0.4, 0.5) is 0 Å². The summed E-state index contributed by atoms with van der Waals surface area (Å²) in [7, 11) is 0. The van der Waals surface area contributed by atoms with E-state index in [1.54, 1.807) is 0 Å². The second kappa shape index (κ2) is 7.01. The molecule has 0 radical (unpaired) electrons. The van der Waals surface area contributed by atoms with Gasteiger partial charge in [0, 0.05) is 0 Å². The molecule has 1 saturated heterocycles. The van der Waals surface area contributed by atoms with Crippen molar-refractivity contribution in [3.8, 4) is 5.75 Å². The van der Waals surface area contributed by atoms with Crippen molar-refractivity contribution in [1.29, 1.82) is 0 Å². The predicted octanol–water partition coefficient (Wildman–Crippen LogP) is 3.67. The summed E-state index contributed by atoms with van der Waals surface area (Å²) in [5.41, 5.74) is 2.67. The monoisotopic (exact) mass is 269 g/mol. The Morgan fingerprint density at radius 3 is 2.50 bits per heavy atom. The molecule has 2 nitrogen and oxygen atoms in total. The van der Waals surface area contributed by atoms with E-state index in [1.165, 1.54) is 24.0 Å². The van der Waals surface area contributed by atoms with Gasteiger partial charge in [0.2, 0.25) is 0 Å². The van der Waals surface area contributed by atoms with Gasteiger partial charge in [0.15, 0.2) is 0 Å². The van der Waals surface area contributed by atoms with E-state index in [0.29, 0.717) is 5.92 Å². The minimum absolute atomic E-state index is 0. The maximum absolute atomic E-state index is 5.96. The van der Waals surface area contributed by atoms with Crippen molar-refractivity contribution in [2.75, 3.05) is 13.1 Å². The smallest absolute Gasteiger partial charge is 0.123 e. The van der Waals surface area contributed by atoms with Crippen LogP contribution in [-0.2, 0) is 0 Å². The molecule has 1 aromatic rings. The van der Waals surface area contributed by atoms with E-state index < -0.39 is 0 Å². The summed E-state index contributed by atoms with van der Waals surface area (Å²) in [4.78, 5) is 0. The van der Waals surface area contributed by atoms with Crippen LogP contribution in [0.2, 0.25) is 0 Å². The highest BCUT2D eigenvalue weighted by Gasteiger charge is 2.19. The third-order valence-corrected chi connectivity index (χ3v) is 3.31. The first-order chi connectivity index (χ1) is 8.16. The van der Waals surface area contributed by atoms with Crippen molar-refractivity contribution in [3.05, 3.63) is 29.3 Å². The fourth-order valence-corrected chi connectivity index (χ4v) is 2.47. The lowest BCUT2D eigenvalue weighted by Crippen LogP contribution is -2.27. The molecule has 1 N–H and O–H groups in total. The van der Waals surface area contributed by atoms with Crippen molar-refractivity contribution in [3.63, 3.8) is 0 Å². The molecule has 1 fully saturated rings. The molecule has 102 valence electrons. The zero-order valence-electron chi connectivity index (χ0n) is 11.5. The molecule has 0 unspecified atom stereocenters. The summed E-state index contributed by atoms with van der Waals surface area (Å²) in [6.45, 7) is 8.56. The first kappa shape index (κ1) is 15.3. The number of benzene rings is 1. The van der Waals surface area contributed by atoms with Gasteiger partial charge in [0.25, 0.3) is 0 Å². The van der Waals surface area contributed by atoms with E-state index >= 15 is 0 Å². The molecule has 18 heavy (non-hydrogen) atoms. The lowest BCUT2D eigenvalue weighted by molar-refractivity contribution is 0.237. The Morgan fingerprint density at radius 2 is 1.89 bits per heavy atom. The van der Waals surface area contributed by atoms with Gasteiger partial charge >= 0.3 is 0 Å². The highest BCUT2D eigenvalue weighted by molar-refractivity contribution is 5.85. The Morgan fingerprint density at radius 1 is 1.22 bits per heavy atom. The molecule has 1 aromatic carbocycles. The maximum atomic E-state index is 5.96. The van der Waals surface area contributed by atoms with Crippen LogP contribution in [0.1, 0.15) is 43.7 Å². The van der Waals surface area contributed by atoms with Crippen LogP contribution in [0.5, 0.6) is 5.75 Å². The number of aryl methyl sites for hydroxylation is 1. The zero-order valence-corrected chi connectivity index (χ0v) is 12.3. The SMILES string of the molecule is Cc1ccc(C2CCNCC2)c(OC(C)C)c1.Cl. The Kier molecular flexibility index (Phi) is 5.97. The average molecular weight is 270 g/mol. The number of hydrogen-bond acceptors (Lipinski definition) is 2. The lowest BCUT2D eigenvalue weighted by atomic mass is 9.89. The summed E-state index contributed by atoms with van der Waals surface area (Å²) in [5.74, 6) is 1.75. The normalized spacial score (nSPS) is 16.4. The number of piperidine rings is 1. The first-order valence-corrected chi connectivity index (χ1v) is 6.64. The summed E-state index contributed by atoms with van der Waals surface area (Å²) in [5, 5.41) is 3.42. The second-order valence-electron chi connectivity index (χ2n) is 5.23. The minimum atomic E-state index is 0. The number of hydrogen-bond donors (Lipinski definition) is 1. The van der Waals surface area contributed by atoms with Gasteiger partial charge in [-0.3, -0.25) is 0 Å². The molecule has 0 spiro atoms. The van der Waals surface area contributed by atoms with Crippen LogP contribution in [-0.4, -0.2) is 19.2 Å².